The van der Waals surface area contributed by atoms with E-state index in [4.69, 9.17) is 0 Å². The lowest BCUT2D eigenvalue weighted by molar-refractivity contribution is -0.159. The number of amides is 1. The minimum Gasteiger partial charge on any atom is -0.451 e. The number of nitrogens with zero attached hydrogens (tertiary/aromatic N) is 1. The molecule has 0 aromatic rings. The maximum Gasteiger partial charge on any atom is 0.397 e. The maximum absolute atomic E-state index is 12.2. The molecule has 0 heterocycles. The third-order valence-corrected chi connectivity index (χ3v) is 2.12. The summed E-state index contributed by atoms with van der Waals surface area (Å²) in [6, 6.07) is -0.00153. The van der Waals surface area contributed by atoms with Gasteiger partial charge >= 0.3 is 18.0 Å². The van der Waals surface area contributed by atoms with Crippen LogP contribution in [-0.4, -0.2) is 36.5 Å². The predicted octanol–water partition coefficient (Wildman–Crippen LogP) is 1.23. The van der Waals surface area contributed by atoms with Crippen molar-refractivity contribution in [2.45, 2.75) is 18.9 Å². The van der Waals surface area contributed by atoms with Gasteiger partial charge in [-0.2, -0.15) is 8.78 Å². The normalized spacial score (nSPS) is 14.2. The summed E-state index contributed by atoms with van der Waals surface area (Å²) in [5.74, 6) is -4.13. The lowest BCUT2D eigenvalue weighted by Crippen LogP contribution is -2.36. The van der Waals surface area contributed by atoms with Gasteiger partial charge in [-0.3, -0.25) is 4.79 Å². The Balaban J connectivity index is 2.40. The largest absolute Gasteiger partial charge is 0.451 e. The van der Waals surface area contributed by atoms with Gasteiger partial charge in [0.25, 0.3) is 0 Å². The van der Waals surface area contributed by atoms with Crippen LogP contribution in [0.2, 0.25) is 0 Å². The topological polar surface area (TPSA) is 46.6 Å². The Hall–Kier alpha value is -1.53. The lowest BCUT2D eigenvalue weighted by Gasteiger charge is -2.14. The number of ether oxygens (including phenoxy) is 1. The van der Waals surface area contributed by atoms with Crippen LogP contribution in [0.5, 0.6) is 0 Å². The number of hydrogen-bond acceptors (Lipinski definition) is 3. The molecule has 0 radical (unpaired) electrons. The fourth-order valence-electron chi connectivity index (χ4n) is 1.02. The van der Waals surface area contributed by atoms with Gasteiger partial charge in [0.1, 0.15) is 6.61 Å². The van der Waals surface area contributed by atoms with Gasteiger partial charge in [0.15, 0.2) is 0 Å². The summed E-state index contributed by atoms with van der Waals surface area (Å²) >= 11 is 0. The Morgan fingerprint density at radius 3 is 2.31 bits per heavy atom. The van der Waals surface area contributed by atoms with Crippen LogP contribution >= 0.6 is 0 Å². The molecule has 1 amide bonds. The standard InChI is InChI=1S/C9H10F3NO3/c1-13(5-2-3-5)8(14)9(15)16-4-6(10)7(11)12/h5H,2-4H2,1H3. The first-order valence-corrected chi connectivity index (χ1v) is 4.57. The highest BCUT2D eigenvalue weighted by Crippen LogP contribution is 2.25. The summed E-state index contributed by atoms with van der Waals surface area (Å²) < 4.78 is 39.5. The molecule has 0 aliphatic heterocycles. The first-order chi connectivity index (χ1) is 7.43. The highest BCUT2D eigenvalue weighted by Gasteiger charge is 2.33. The van der Waals surface area contributed by atoms with Crippen LogP contribution in [0.15, 0.2) is 11.9 Å². The maximum atomic E-state index is 12.2. The van der Waals surface area contributed by atoms with Crippen LogP contribution in [0.1, 0.15) is 12.8 Å². The number of carbonyl (C=O) groups excluding carboxylic acids is 2. The molecule has 0 atom stereocenters. The quantitative estimate of drug-likeness (QED) is 0.547. The number of esters is 1. The average Bonchev–Trinajstić information content (AvgIpc) is 3.06. The highest BCUT2D eigenvalue weighted by atomic mass is 19.3. The van der Waals surface area contributed by atoms with E-state index in [1.807, 2.05) is 0 Å². The molecule has 90 valence electrons. The van der Waals surface area contributed by atoms with E-state index in [0.717, 1.165) is 17.7 Å². The number of likely N-dealkylation sites (N-methyl/N-ethyl adjacent to an activating group) is 1. The summed E-state index contributed by atoms with van der Waals surface area (Å²) in [7, 11) is 1.41. The molecule has 0 unspecified atom stereocenters. The minimum absolute atomic E-state index is 0.00153. The molecule has 16 heavy (non-hydrogen) atoms. The summed E-state index contributed by atoms with van der Waals surface area (Å²) in [5.41, 5.74) is 0. The van der Waals surface area contributed by atoms with Crippen molar-refractivity contribution in [1.82, 2.24) is 4.90 Å². The summed E-state index contributed by atoms with van der Waals surface area (Å²) in [4.78, 5) is 23.4. The smallest absolute Gasteiger partial charge is 0.397 e. The van der Waals surface area contributed by atoms with Gasteiger partial charge in [0.05, 0.1) is 0 Å². The third-order valence-electron chi connectivity index (χ3n) is 2.12. The molecule has 0 aromatic heterocycles. The average molecular weight is 237 g/mol. The van der Waals surface area contributed by atoms with Gasteiger partial charge in [-0.05, 0) is 12.8 Å². The molecule has 0 bridgehead atoms. The van der Waals surface area contributed by atoms with E-state index in [9.17, 15) is 22.8 Å². The van der Waals surface area contributed by atoms with Crippen molar-refractivity contribution in [3.8, 4) is 0 Å². The molecule has 0 saturated heterocycles. The predicted molar refractivity (Wildman–Crippen MR) is 47.1 cm³/mol. The summed E-state index contributed by atoms with van der Waals surface area (Å²) in [6.45, 7) is -1.22. The molecule has 7 heteroatoms. The Bertz CT molecular complexity index is 335. The van der Waals surface area contributed by atoms with Crippen molar-refractivity contribution in [3.63, 3.8) is 0 Å². The van der Waals surface area contributed by atoms with E-state index < -0.39 is 30.4 Å². The molecule has 1 aliphatic rings. The van der Waals surface area contributed by atoms with Crippen LogP contribution < -0.4 is 0 Å². The molecule has 1 fully saturated rings. The zero-order chi connectivity index (χ0) is 12.3. The van der Waals surface area contributed by atoms with E-state index in [2.05, 4.69) is 4.74 Å². The van der Waals surface area contributed by atoms with Crippen molar-refractivity contribution in [3.05, 3.63) is 11.9 Å². The second kappa shape index (κ2) is 5.00. The van der Waals surface area contributed by atoms with Crippen LogP contribution in [-0.2, 0) is 14.3 Å². The molecule has 0 N–H and O–H groups in total. The van der Waals surface area contributed by atoms with Crippen LogP contribution in [0, 0.1) is 0 Å². The van der Waals surface area contributed by atoms with Crippen molar-refractivity contribution in [2.75, 3.05) is 13.7 Å². The lowest BCUT2D eigenvalue weighted by atomic mass is 10.5. The SMILES string of the molecule is CN(C(=O)C(=O)OCC(F)=C(F)F)C1CC1. The van der Waals surface area contributed by atoms with Gasteiger partial charge in [0.2, 0.25) is 5.83 Å². The molecule has 0 aromatic carbocycles. The van der Waals surface area contributed by atoms with Crippen LogP contribution in [0.3, 0.4) is 0 Å². The molecule has 0 spiro atoms. The van der Waals surface area contributed by atoms with Gasteiger partial charge in [-0.15, -0.1) is 0 Å². The molecule has 1 aliphatic carbocycles. The number of carbonyl (C=O) groups is 2. The Morgan fingerprint density at radius 2 is 1.88 bits per heavy atom. The second-order valence-electron chi connectivity index (χ2n) is 3.39. The van der Waals surface area contributed by atoms with E-state index in [1.165, 1.54) is 7.05 Å². The third kappa shape index (κ3) is 3.25. The van der Waals surface area contributed by atoms with Crippen molar-refractivity contribution < 1.29 is 27.5 Å². The van der Waals surface area contributed by atoms with E-state index in [1.54, 1.807) is 0 Å². The Labute approximate surface area is 89.7 Å². The zero-order valence-corrected chi connectivity index (χ0v) is 8.50. The second-order valence-corrected chi connectivity index (χ2v) is 3.39. The van der Waals surface area contributed by atoms with Gasteiger partial charge in [0, 0.05) is 13.1 Å². The molecular formula is C9H10F3NO3. The van der Waals surface area contributed by atoms with E-state index >= 15 is 0 Å². The molecular weight excluding hydrogens is 227 g/mol. The number of hydrogen-bond donors (Lipinski definition) is 0. The van der Waals surface area contributed by atoms with Gasteiger partial charge in [-0.1, -0.05) is 0 Å². The van der Waals surface area contributed by atoms with E-state index in [0.29, 0.717) is 0 Å². The first-order valence-electron chi connectivity index (χ1n) is 4.57. The molecule has 1 saturated carbocycles. The first kappa shape index (κ1) is 12.5. The van der Waals surface area contributed by atoms with Gasteiger partial charge < -0.3 is 9.64 Å². The fraction of sp³-hybridized carbons (Fsp3) is 0.556. The van der Waals surface area contributed by atoms with Crippen molar-refractivity contribution in [2.24, 2.45) is 0 Å². The number of halogens is 3. The Kier molecular flexibility index (Phi) is 3.92. The molecule has 1 rings (SSSR count). The Morgan fingerprint density at radius 1 is 1.31 bits per heavy atom. The number of rotatable bonds is 3. The summed E-state index contributed by atoms with van der Waals surface area (Å²) in [5, 5.41) is 0. The monoisotopic (exact) mass is 237 g/mol. The summed E-state index contributed by atoms with van der Waals surface area (Å²) in [6.07, 6.45) is -0.970. The van der Waals surface area contributed by atoms with Crippen LogP contribution in [0.4, 0.5) is 13.2 Å². The molecule has 4 nitrogen and oxygen atoms in total. The minimum atomic E-state index is -2.56. The highest BCUT2D eigenvalue weighted by molar-refractivity contribution is 6.32. The van der Waals surface area contributed by atoms with Gasteiger partial charge in [-0.25, -0.2) is 9.18 Å². The van der Waals surface area contributed by atoms with Crippen LogP contribution in [0.25, 0.3) is 0 Å². The van der Waals surface area contributed by atoms with E-state index in [-0.39, 0.29) is 6.04 Å². The van der Waals surface area contributed by atoms with Crippen molar-refractivity contribution >= 4 is 11.9 Å². The zero-order valence-electron chi connectivity index (χ0n) is 8.50. The van der Waals surface area contributed by atoms with Crippen molar-refractivity contribution in [1.29, 1.82) is 0 Å². The fourth-order valence-corrected chi connectivity index (χ4v) is 1.02.